The van der Waals surface area contributed by atoms with Gasteiger partial charge in [-0.1, -0.05) is 36.9 Å². The first-order chi connectivity index (χ1) is 13.4. The van der Waals surface area contributed by atoms with Crippen LogP contribution in [0.2, 0.25) is 0 Å². The molecule has 0 atom stereocenters. The first-order valence-electron chi connectivity index (χ1n) is 8.99. The van der Waals surface area contributed by atoms with Crippen molar-refractivity contribution < 1.29 is 18.0 Å². The molecule has 1 saturated heterocycles. The summed E-state index contributed by atoms with van der Waals surface area (Å²) in [5.41, 5.74) is 1.63. The fourth-order valence-electron chi connectivity index (χ4n) is 3.00. The molecule has 3 rings (SSSR count). The molecule has 6 nitrogen and oxygen atoms in total. The molecule has 7 heteroatoms. The Balaban J connectivity index is 1.48. The van der Waals surface area contributed by atoms with Gasteiger partial charge in [0, 0.05) is 25.2 Å². The van der Waals surface area contributed by atoms with Crippen molar-refractivity contribution in [3.8, 4) is 0 Å². The van der Waals surface area contributed by atoms with Crippen LogP contribution in [0.15, 0.2) is 72.1 Å². The monoisotopic (exact) mass is 398 g/mol. The molecule has 28 heavy (non-hydrogen) atoms. The van der Waals surface area contributed by atoms with Crippen LogP contribution in [0.3, 0.4) is 0 Å². The highest BCUT2D eigenvalue weighted by Crippen LogP contribution is 2.24. The normalized spacial score (nSPS) is 14.2. The number of hydrogen-bond acceptors (Lipinski definition) is 4. The van der Waals surface area contributed by atoms with E-state index >= 15 is 0 Å². The summed E-state index contributed by atoms with van der Waals surface area (Å²) < 4.78 is 25.0. The van der Waals surface area contributed by atoms with E-state index in [1.165, 1.54) is 6.08 Å². The van der Waals surface area contributed by atoms with Gasteiger partial charge in [0.05, 0.1) is 4.90 Å². The maximum atomic E-state index is 12.5. The number of nitrogens with one attached hydrogen (secondary N) is 1. The number of rotatable bonds is 7. The zero-order valence-corrected chi connectivity index (χ0v) is 16.2. The van der Waals surface area contributed by atoms with Crippen molar-refractivity contribution in [1.29, 1.82) is 0 Å². The van der Waals surface area contributed by atoms with Crippen molar-refractivity contribution >= 4 is 27.3 Å². The SMILES string of the molecule is C=CC(=O)Nc1ccc(CCC(=O)N2CC(S(=O)(=O)c3ccccc3)C2)cc1. The van der Waals surface area contributed by atoms with Crippen molar-refractivity contribution in [3.05, 3.63) is 72.8 Å². The lowest BCUT2D eigenvalue weighted by Crippen LogP contribution is -2.56. The highest BCUT2D eigenvalue weighted by atomic mass is 32.2. The van der Waals surface area contributed by atoms with E-state index in [-0.39, 0.29) is 24.9 Å². The molecule has 1 fully saturated rings. The molecule has 1 heterocycles. The zero-order valence-electron chi connectivity index (χ0n) is 15.4. The third-order valence-electron chi connectivity index (χ3n) is 4.75. The van der Waals surface area contributed by atoms with Crippen molar-refractivity contribution in [2.45, 2.75) is 23.0 Å². The van der Waals surface area contributed by atoms with Crippen LogP contribution in [0.1, 0.15) is 12.0 Å². The van der Waals surface area contributed by atoms with Gasteiger partial charge in [0.1, 0.15) is 5.25 Å². The Morgan fingerprint density at radius 2 is 1.71 bits per heavy atom. The molecule has 1 aliphatic heterocycles. The van der Waals surface area contributed by atoms with Gasteiger partial charge in [-0.2, -0.15) is 0 Å². The fourth-order valence-corrected chi connectivity index (χ4v) is 4.67. The van der Waals surface area contributed by atoms with E-state index < -0.39 is 15.1 Å². The number of carbonyl (C=O) groups is 2. The molecule has 2 amide bonds. The molecule has 0 radical (unpaired) electrons. The molecular weight excluding hydrogens is 376 g/mol. The van der Waals surface area contributed by atoms with Crippen LogP contribution in [0.25, 0.3) is 0 Å². The summed E-state index contributed by atoms with van der Waals surface area (Å²) in [6, 6.07) is 15.6. The van der Waals surface area contributed by atoms with Gasteiger partial charge < -0.3 is 10.2 Å². The Morgan fingerprint density at radius 1 is 1.07 bits per heavy atom. The van der Waals surface area contributed by atoms with Crippen LogP contribution >= 0.6 is 0 Å². The number of hydrogen-bond donors (Lipinski definition) is 1. The van der Waals surface area contributed by atoms with E-state index in [1.807, 2.05) is 12.1 Å². The Kier molecular flexibility index (Phi) is 5.94. The van der Waals surface area contributed by atoms with Crippen molar-refractivity contribution in [2.24, 2.45) is 0 Å². The van der Waals surface area contributed by atoms with Crippen LogP contribution in [0, 0.1) is 0 Å². The number of likely N-dealkylation sites (tertiary alicyclic amines) is 1. The summed E-state index contributed by atoms with van der Waals surface area (Å²) in [6.45, 7) is 3.88. The summed E-state index contributed by atoms with van der Waals surface area (Å²) >= 11 is 0. The van der Waals surface area contributed by atoms with E-state index in [4.69, 9.17) is 0 Å². The smallest absolute Gasteiger partial charge is 0.247 e. The minimum Gasteiger partial charge on any atom is -0.340 e. The second-order valence-corrected chi connectivity index (χ2v) is 8.90. The van der Waals surface area contributed by atoms with Gasteiger partial charge in [-0.15, -0.1) is 0 Å². The van der Waals surface area contributed by atoms with E-state index in [1.54, 1.807) is 47.4 Å². The van der Waals surface area contributed by atoms with Gasteiger partial charge in [0.25, 0.3) is 0 Å². The number of aryl methyl sites for hydroxylation is 1. The average Bonchev–Trinajstić information content (AvgIpc) is 2.66. The molecule has 0 saturated carbocycles. The maximum absolute atomic E-state index is 12.5. The van der Waals surface area contributed by atoms with Crippen molar-refractivity contribution in [3.63, 3.8) is 0 Å². The Morgan fingerprint density at radius 3 is 2.32 bits per heavy atom. The molecule has 0 unspecified atom stereocenters. The standard InChI is InChI=1S/C21H22N2O4S/c1-2-20(24)22-17-11-8-16(9-12-17)10-13-21(25)23-14-19(15-23)28(26,27)18-6-4-3-5-7-18/h2-9,11-12,19H,1,10,13-15H2,(H,22,24). The predicted molar refractivity (Wildman–Crippen MR) is 108 cm³/mol. The second kappa shape index (κ2) is 8.39. The maximum Gasteiger partial charge on any atom is 0.247 e. The molecule has 0 spiro atoms. The van der Waals surface area contributed by atoms with Gasteiger partial charge in [-0.3, -0.25) is 9.59 Å². The Hall–Kier alpha value is -2.93. The number of carbonyl (C=O) groups excluding carboxylic acids is 2. The Bertz CT molecular complexity index is 963. The van der Waals surface area contributed by atoms with Gasteiger partial charge in [0.15, 0.2) is 9.84 Å². The molecule has 2 aromatic carbocycles. The summed E-state index contributed by atoms with van der Waals surface area (Å²) in [7, 11) is -3.39. The number of amides is 2. The van der Waals surface area contributed by atoms with Gasteiger partial charge in [-0.05, 0) is 42.3 Å². The highest BCUT2D eigenvalue weighted by Gasteiger charge is 2.40. The van der Waals surface area contributed by atoms with Crippen LogP contribution in [-0.2, 0) is 25.8 Å². The number of sulfone groups is 1. The number of nitrogens with zero attached hydrogens (tertiary/aromatic N) is 1. The van der Waals surface area contributed by atoms with Gasteiger partial charge in [0.2, 0.25) is 11.8 Å². The molecule has 2 aromatic rings. The van der Waals surface area contributed by atoms with E-state index in [2.05, 4.69) is 11.9 Å². The minimum atomic E-state index is -3.39. The summed E-state index contributed by atoms with van der Waals surface area (Å²) in [4.78, 5) is 25.5. The third-order valence-corrected chi connectivity index (χ3v) is 6.85. The predicted octanol–water partition coefficient (Wildman–Crippen LogP) is 2.43. The largest absolute Gasteiger partial charge is 0.340 e. The lowest BCUT2D eigenvalue weighted by Gasteiger charge is -2.38. The van der Waals surface area contributed by atoms with Crippen LogP contribution in [0.4, 0.5) is 5.69 Å². The topological polar surface area (TPSA) is 83.6 Å². The van der Waals surface area contributed by atoms with E-state index in [0.29, 0.717) is 23.4 Å². The fraction of sp³-hybridized carbons (Fsp3) is 0.238. The number of anilines is 1. The molecular formula is C21H22N2O4S. The molecule has 1 aliphatic rings. The van der Waals surface area contributed by atoms with Crippen LogP contribution in [0.5, 0.6) is 0 Å². The first-order valence-corrected chi connectivity index (χ1v) is 10.5. The van der Waals surface area contributed by atoms with Gasteiger partial charge >= 0.3 is 0 Å². The van der Waals surface area contributed by atoms with E-state index in [0.717, 1.165) is 5.56 Å². The average molecular weight is 398 g/mol. The van der Waals surface area contributed by atoms with Gasteiger partial charge in [-0.25, -0.2) is 8.42 Å². The third kappa shape index (κ3) is 4.48. The second-order valence-electron chi connectivity index (χ2n) is 6.67. The minimum absolute atomic E-state index is 0.0523. The molecule has 0 aliphatic carbocycles. The summed E-state index contributed by atoms with van der Waals surface area (Å²) in [6.07, 6.45) is 2.07. The van der Waals surface area contributed by atoms with Crippen LogP contribution < -0.4 is 5.32 Å². The summed E-state index contributed by atoms with van der Waals surface area (Å²) in [5, 5.41) is 2.13. The highest BCUT2D eigenvalue weighted by molar-refractivity contribution is 7.92. The molecule has 0 aromatic heterocycles. The summed E-state index contributed by atoms with van der Waals surface area (Å²) in [5.74, 6) is -0.329. The zero-order chi connectivity index (χ0) is 20.1. The first kappa shape index (κ1) is 19.8. The number of benzene rings is 2. The molecule has 0 bridgehead atoms. The van der Waals surface area contributed by atoms with Crippen LogP contribution in [-0.4, -0.2) is 43.5 Å². The lowest BCUT2D eigenvalue weighted by atomic mass is 10.1. The van der Waals surface area contributed by atoms with E-state index in [9.17, 15) is 18.0 Å². The molecule has 1 N–H and O–H groups in total. The Labute approximate surface area is 164 Å². The van der Waals surface area contributed by atoms with Crippen molar-refractivity contribution in [1.82, 2.24) is 4.90 Å². The lowest BCUT2D eigenvalue weighted by molar-refractivity contribution is -0.134. The van der Waals surface area contributed by atoms with Crippen molar-refractivity contribution in [2.75, 3.05) is 18.4 Å². The molecule has 146 valence electrons. The quantitative estimate of drug-likeness (QED) is 0.726.